The van der Waals surface area contributed by atoms with Gasteiger partial charge in [0.25, 0.3) is 0 Å². The molecule has 0 fully saturated rings. The van der Waals surface area contributed by atoms with Gasteiger partial charge in [0, 0.05) is 0 Å². The van der Waals surface area contributed by atoms with Crippen LogP contribution in [0.2, 0.25) is 5.02 Å². The van der Waals surface area contributed by atoms with Gasteiger partial charge >= 0.3 is 0 Å². The number of halogens is 1. The highest BCUT2D eigenvalue weighted by Gasteiger charge is 2.25. The molecule has 0 radical (unpaired) electrons. The molecule has 0 spiro atoms. The fourth-order valence-corrected chi connectivity index (χ4v) is 3.71. The van der Waals surface area contributed by atoms with Gasteiger partial charge in [-0.2, -0.15) is 0 Å². The standard InChI is InChI=1S/C11H15ClN2O2S2/c1-7(2)10(11(13)17)14-18(15,16)9-6-4-3-5-8(9)12/h3-7,10,14H,1-2H3,(H2,13,17). The molecular formula is C11H15ClN2O2S2. The van der Waals surface area contributed by atoms with E-state index in [1.54, 1.807) is 12.1 Å². The molecule has 1 aromatic rings. The van der Waals surface area contributed by atoms with Gasteiger partial charge in [-0.05, 0) is 18.1 Å². The first-order valence-electron chi connectivity index (χ1n) is 5.32. The molecule has 18 heavy (non-hydrogen) atoms. The maximum atomic E-state index is 12.2. The smallest absolute Gasteiger partial charge is 0.242 e. The van der Waals surface area contributed by atoms with Crippen LogP contribution in [0.25, 0.3) is 0 Å². The first kappa shape index (κ1) is 15.4. The summed E-state index contributed by atoms with van der Waals surface area (Å²) in [5.41, 5.74) is 5.53. The van der Waals surface area contributed by atoms with Crippen molar-refractivity contribution in [3.05, 3.63) is 29.3 Å². The third kappa shape index (κ3) is 3.65. The lowest BCUT2D eigenvalue weighted by atomic mass is 10.1. The first-order chi connectivity index (χ1) is 8.25. The molecular weight excluding hydrogens is 292 g/mol. The fourth-order valence-electron chi connectivity index (χ4n) is 1.42. The predicted octanol–water partition coefficient (Wildman–Crippen LogP) is 1.93. The Labute approximate surface area is 118 Å². The van der Waals surface area contributed by atoms with E-state index in [1.165, 1.54) is 12.1 Å². The Morgan fingerprint density at radius 2 is 1.94 bits per heavy atom. The van der Waals surface area contributed by atoms with Crippen LogP contribution in [0.4, 0.5) is 0 Å². The molecule has 1 unspecified atom stereocenters. The number of rotatable bonds is 5. The molecule has 0 aliphatic carbocycles. The molecule has 1 atom stereocenters. The summed E-state index contributed by atoms with van der Waals surface area (Å²) in [7, 11) is -3.73. The number of benzene rings is 1. The number of thiocarbonyl (C=S) groups is 1. The molecule has 7 heteroatoms. The van der Waals surface area contributed by atoms with E-state index in [9.17, 15) is 8.42 Å². The van der Waals surface area contributed by atoms with Crippen molar-refractivity contribution < 1.29 is 8.42 Å². The average Bonchev–Trinajstić information content (AvgIpc) is 2.25. The van der Waals surface area contributed by atoms with Crippen LogP contribution in [0.1, 0.15) is 13.8 Å². The van der Waals surface area contributed by atoms with E-state index >= 15 is 0 Å². The van der Waals surface area contributed by atoms with E-state index in [4.69, 9.17) is 29.6 Å². The number of hydrogen-bond acceptors (Lipinski definition) is 3. The Morgan fingerprint density at radius 1 is 1.39 bits per heavy atom. The van der Waals surface area contributed by atoms with Crippen LogP contribution >= 0.6 is 23.8 Å². The van der Waals surface area contributed by atoms with Crippen LogP contribution in [-0.2, 0) is 10.0 Å². The van der Waals surface area contributed by atoms with Crippen LogP contribution in [0.3, 0.4) is 0 Å². The summed E-state index contributed by atoms with van der Waals surface area (Å²) in [4.78, 5) is 0.134. The maximum absolute atomic E-state index is 12.2. The summed E-state index contributed by atoms with van der Waals surface area (Å²) in [5, 5.41) is 0.162. The highest BCUT2D eigenvalue weighted by atomic mass is 35.5. The predicted molar refractivity (Wildman–Crippen MR) is 77.2 cm³/mol. The minimum Gasteiger partial charge on any atom is -0.392 e. The average molecular weight is 307 g/mol. The normalized spacial score (nSPS) is 13.6. The van der Waals surface area contributed by atoms with E-state index in [1.807, 2.05) is 13.8 Å². The molecule has 0 aliphatic heterocycles. The van der Waals surface area contributed by atoms with Crippen LogP contribution in [0.15, 0.2) is 29.2 Å². The quantitative estimate of drug-likeness (QED) is 0.815. The Bertz CT molecular complexity index is 544. The van der Waals surface area contributed by atoms with Gasteiger partial charge in [-0.25, -0.2) is 13.1 Å². The zero-order valence-electron chi connectivity index (χ0n) is 10.1. The van der Waals surface area contributed by atoms with E-state index in [0.717, 1.165) is 0 Å². The van der Waals surface area contributed by atoms with Crippen molar-refractivity contribution in [2.24, 2.45) is 11.7 Å². The molecule has 1 rings (SSSR count). The Hall–Kier alpha value is -0.690. The molecule has 1 aromatic carbocycles. The van der Waals surface area contributed by atoms with Gasteiger partial charge in [-0.1, -0.05) is 49.8 Å². The number of sulfonamides is 1. The van der Waals surface area contributed by atoms with Crippen molar-refractivity contribution in [3.8, 4) is 0 Å². The van der Waals surface area contributed by atoms with E-state index in [0.29, 0.717) is 0 Å². The van der Waals surface area contributed by atoms with E-state index in [-0.39, 0.29) is 20.8 Å². The topological polar surface area (TPSA) is 72.2 Å². The van der Waals surface area contributed by atoms with Gasteiger partial charge in [0.1, 0.15) is 4.90 Å². The van der Waals surface area contributed by atoms with E-state index in [2.05, 4.69) is 4.72 Å². The third-order valence-corrected chi connectivity index (χ3v) is 4.58. The lowest BCUT2D eigenvalue weighted by Gasteiger charge is -2.21. The van der Waals surface area contributed by atoms with E-state index < -0.39 is 16.1 Å². The summed E-state index contributed by atoms with van der Waals surface area (Å²) in [6.07, 6.45) is 0. The molecule has 0 heterocycles. The van der Waals surface area contributed by atoms with Crippen molar-refractivity contribution in [2.45, 2.75) is 24.8 Å². The fraction of sp³-hybridized carbons (Fsp3) is 0.364. The maximum Gasteiger partial charge on any atom is 0.242 e. The summed E-state index contributed by atoms with van der Waals surface area (Å²) in [6.45, 7) is 3.66. The van der Waals surface area contributed by atoms with Crippen LogP contribution < -0.4 is 10.5 Å². The van der Waals surface area contributed by atoms with Crippen molar-refractivity contribution in [1.82, 2.24) is 4.72 Å². The Morgan fingerprint density at radius 3 is 2.39 bits per heavy atom. The molecule has 0 aliphatic rings. The number of hydrogen-bond donors (Lipinski definition) is 2. The van der Waals surface area contributed by atoms with Crippen LogP contribution in [-0.4, -0.2) is 19.4 Å². The van der Waals surface area contributed by atoms with Gasteiger partial charge in [0.15, 0.2) is 0 Å². The molecule has 3 N–H and O–H groups in total. The summed E-state index contributed by atoms with van der Waals surface area (Å²) in [6, 6.07) is 5.62. The Kier molecular flexibility index (Phi) is 5.10. The molecule has 0 amide bonds. The van der Waals surface area contributed by atoms with Crippen molar-refractivity contribution >= 4 is 38.8 Å². The third-order valence-electron chi connectivity index (χ3n) is 2.38. The molecule has 0 bridgehead atoms. The van der Waals surface area contributed by atoms with Gasteiger partial charge in [-0.15, -0.1) is 0 Å². The second-order valence-corrected chi connectivity index (χ2v) is 6.74. The Balaban J connectivity index is 3.09. The highest BCUT2D eigenvalue weighted by Crippen LogP contribution is 2.21. The minimum absolute atomic E-state index is 0.0218. The summed E-state index contributed by atoms with van der Waals surface area (Å²) >= 11 is 10.7. The zero-order chi connectivity index (χ0) is 13.9. The lowest BCUT2D eigenvalue weighted by molar-refractivity contribution is 0.526. The largest absolute Gasteiger partial charge is 0.392 e. The molecule has 100 valence electrons. The molecule has 0 saturated heterocycles. The lowest BCUT2D eigenvalue weighted by Crippen LogP contribution is -2.46. The van der Waals surface area contributed by atoms with Crippen LogP contribution in [0.5, 0.6) is 0 Å². The van der Waals surface area contributed by atoms with Crippen molar-refractivity contribution in [3.63, 3.8) is 0 Å². The SMILES string of the molecule is CC(C)C(NS(=O)(=O)c1ccccc1Cl)C(N)=S. The summed E-state index contributed by atoms with van der Waals surface area (Å²) < 4.78 is 26.8. The first-order valence-corrected chi connectivity index (χ1v) is 7.59. The highest BCUT2D eigenvalue weighted by molar-refractivity contribution is 7.89. The molecule has 0 saturated carbocycles. The van der Waals surface area contributed by atoms with Crippen molar-refractivity contribution in [2.75, 3.05) is 0 Å². The monoisotopic (exact) mass is 306 g/mol. The number of nitrogens with two attached hydrogens (primary N) is 1. The summed E-state index contributed by atoms with van der Waals surface area (Å²) in [5.74, 6) is -0.0419. The van der Waals surface area contributed by atoms with Gasteiger partial charge in [0.2, 0.25) is 10.0 Å². The van der Waals surface area contributed by atoms with Gasteiger partial charge in [-0.3, -0.25) is 0 Å². The van der Waals surface area contributed by atoms with Crippen LogP contribution in [0, 0.1) is 5.92 Å². The molecule has 0 aromatic heterocycles. The zero-order valence-corrected chi connectivity index (χ0v) is 12.4. The van der Waals surface area contributed by atoms with Crippen molar-refractivity contribution in [1.29, 1.82) is 0 Å². The molecule has 4 nitrogen and oxygen atoms in total. The van der Waals surface area contributed by atoms with Gasteiger partial charge in [0.05, 0.1) is 16.1 Å². The van der Waals surface area contributed by atoms with Gasteiger partial charge < -0.3 is 5.73 Å². The second-order valence-electron chi connectivity index (χ2n) is 4.18. The number of nitrogens with one attached hydrogen (secondary N) is 1. The second kappa shape index (κ2) is 5.97. The minimum atomic E-state index is -3.73.